The lowest BCUT2D eigenvalue weighted by Crippen LogP contribution is -2.28. The molecule has 2 nitrogen and oxygen atoms in total. The molecular formula is C24H22F6O2. The second kappa shape index (κ2) is 9.71. The number of ether oxygens (including phenoxy) is 2. The predicted octanol–water partition coefficient (Wildman–Crippen LogP) is 7.23. The van der Waals surface area contributed by atoms with Gasteiger partial charge in [-0.15, -0.1) is 0 Å². The Kier molecular flexibility index (Phi) is 7.21. The summed E-state index contributed by atoms with van der Waals surface area (Å²) in [6.07, 6.45) is -5.83. The lowest BCUT2D eigenvalue weighted by atomic mass is 9.77. The first-order valence-corrected chi connectivity index (χ1v) is 10.0. The Morgan fingerprint density at radius 1 is 1.09 bits per heavy atom. The van der Waals surface area contributed by atoms with Crippen LogP contribution in [0.1, 0.15) is 36.7 Å². The van der Waals surface area contributed by atoms with Gasteiger partial charge in [-0.3, -0.25) is 0 Å². The van der Waals surface area contributed by atoms with Gasteiger partial charge < -0.3 is 9.47 Å². The van der Waals surface area contributed by atoms with Crippen LogP contribution in [0.2, 0.25) is 0 Å². The molecule has 0 heterocycles. The maximum atomic E-state index is 15.1. The predicted molar refractivity (Wildman–Crippen MR) is 109 cm³/mol. The van der Waals surface area contributed by atoms with E-state index in [-0.39, 0.29) is 23.5 Å². The molecule has 0 fully saturated rings. The summed E-state index contributed by atoms with van der Waals surface area (Å²) in [6, 6.07) is 8.58. The van der Waals surface area contributed by atoms with Crippen LogP contribution in [-0.2, 0) is 10.8 Å². The zero-order valence-corrected chi connectivity index (χ0v) is 17.4. The molecule has 0 saturated heterocycles. The maximum absolute atomic E-state index is 15.1. The van der Waals surface area contributed by atoms with Crippen LogP contribution in [0.25, 0.3) is 5.57 Å². The number of rotatable bonds is 7. The van der Waals surface area contributed by atoms with Crippen LogP contribution in [0.5, 0.6) is 5.75 Å². The van der Waals surface area contributed by atoms with E-state index < -0.39 is 53.7 Å². The van der Waals surface area contributed by atoms with E-state index in [0.717, 1.165) is 18.2 Å². The summed E-state index contributed by atoms with van der Waals surface area (Å²) in [5.41, 5.74) is -1.05. The molecule has 0 N–H and O–H groups in total. The molecule has 32 heavy (non-hydrogen) atoms. The number of alkyl halides is 5. The van der Waals surface area contributed by atoms with Crippen molar-refractivity contribution in [3.05, 3.63) is 82.9 Å². The molecule has 3 atom stereocenters. The van der Waals surface area contributed by atoms with Crippen molar-refractivity contribution in [3.63, 3.8) is 0 Å². The normalized spacial score (nSPS) is 22.6. The van der Waals surface area contributed by atoms with Crippen LogP contribution in [0.15, 0.2) is 60.4 Å². The van der Waals surface area contributed by atoms with Crippen molar-refractivity contribution in [3.8, 4) is 5.75 Å². The number of benzene rings is 2. The first-order chi connectivity index (χ1) is 15.2. The second-order valence-electron chi connectivity index (χ2n) is 7.28. The van der Waals surface area contributed by atoms with Crippen molar-refractivity contribution < 1.29 is 35.8 Å². The molecule has 1 aliphatic carbocycles. The topological polar surface area (TPSA) is 18.5 Å². The molecule has 3 unspecified atom stereocenters. The van der Waals surface area contributed by atoms with Gasteiger partial charge in [0, 0.05) is 11.5 Å². The molecule has 2 aromatic carbocycles. The van der Waals surface area contributed by atoms with Crippen LogP contribution in [-0.4, -0.2) is 19.5 Å². The van der Waals surface area contributed by atoms with E-state index in [1.807, 2.05) is 0 Å². The first-order valence-electron chi connectivity index (χ1n) is 10.0. The number of allylic oxidation sites excluding steroid dienone is 4. The molecule has 0 spiro atoms. The van der Waals surface area contributed by atoms with Gasteiger partial charge in [-0.2, -0.15) is 8.78 Å². The molecular weight excluding hydrogens is 434 g/mol. The van der Waals surface area contributed by atoms with Crippen molar-refractivity contribution >= 4 is 5.57 Å². The van der Waals surface area contributed by atoms with Crippen molar-refractivity contribution in [2.45, 2.75) is 32.3 Å². The van der Waals surface area contributed by atoms with Crippen LogP contribution in [0.4, 0.5) is 26.3 Å². The highest BCUT2D eigenvalue weighted by Crippen LogP contribution is 2.48. The summed E-state index contributed by atoms with van der Waals surface area (Å²) in [5.74, 6) is -3.34. The van der Waals surface area contributed by atoms with Crippen LogP contribution < -0.4 is 4.74 Å². The average molecular weight is 456 g/mol. The molecule has 0 amide bonds. The highest BCUT2D eigenvalue weighted by atomic mass is 19.3. The van der Waals surface area contributed by atoms with Crippen LogP contribution in [0.3, 0.4) is 0 Å². The van der Waals surface area contributed by atoms with Crippen LogP contribution >= 0.6 is 0 Å². The average Bonchev–Trinajstić information content (AvgIpc) is 2.78. The Morgan fingerprint density at radius 3 is 2.41 bits per heavy atom. The van der Waals surface area contributed by atoms with Crippen molar-refractivity contribution in [2.24, 2.45) is 5.92 Å². The molecule has 0 aromatic heterocycles. The van der Waals surface area contributed by atoms with E-state index >= 15 is 4.39 Å². The number of halogens is 6. The number of fused-ring (bicyclic) bond motifs is 1. The molecule has 3 rings (SSSR count). The summed E-state index contributed by atoms with van der Waals surface area (Å²) >= 11 is 0. The summed E-state index contributed by atoms with van der Waals surface area (Å²) in [6.45, 7) is 2.35. The van der Waals surface area contributed by atoms with Gasteiger partial charge in [-0.25, -0.2) is 17.6 Å². The summed E-state index contributed by atoms with van der Waals surface area (Å²) in [4.78, 5) is 0. The van der Waals surface area contributed by atoms with Gasteiger partial charge in [0.15, 0.2) is 17.7 Å². The molecule has 1 aliphatic rings. The van der Waals surface area contributed by atoms with Crippen LogP contribution in [0, 0.1) is 11.7 Å². The summed E-state index contributed by atoms with van der Waals surface area (Å²) in [7, 11) is 0. The Labute approximate surface area is 182 Å². The van der Waals surface area contributed by atoms with Crippen molar-refractivity contribution in [1.29, 1.82) is 0 Å². The molecule has 172 valence electrons. The summed E-state index contributed by atoms with van der Waals surface area (Å²) < 4.78 is 96.2. The van der Waals surface area contributed by atoms with E-state index in [1.54, 1.807) is 6.92 Å². The smallest absolute Gasteiger partial charge is 0.426 e. The Balaban J connectivity index is 2.05. The fourth-order valence-electron chi connectivity index (χ4n) is 3.57. The van der Waals surface area contributed by atoms with E-state index in [1.165, 1.54) is 43.3 Å². The SMILES string of the molecule is CCO/C(=C/C=C1/c2ccc(OC(F)(F)c3ccccc3)c(F)c2C(F)C(F)C1C)CF. The van der Waals surface area contributed by atoms with Gasteiger partial charge >= 0.3 is 6.11 Å². The quantitative estimate of drug-likeness (QED) is 0.323. The fraction of sp³-hybridized carbons (Fsp3) is 0.333. The number of hydrogen-bond acceptors (Lipinski definition) is 2. The third-order valence-electron chi connectivity index (χ3n) is 5.24. The molecule has 0 radical (unpaired) electrons. The highest BCUT2D eigenvalue weighted by molar-refractivity contribution is 5.75. The molecule has 0 aliphatic heterocycles. The lowest BCUT2D eigenvalue weighted by molar-refractivity contribution is -0.187. The molecule has 8 heteroatoms. The van der Waals surface area contributed by atoms with Crippen molar-refractivity contribution in [2.75, 3.05) is 13.3 Å². The zero-order chi connectivity index (χ0) is 23.5. The first kappa shape index (κ1) is 23.8. The third kappa shape index (κ3) is 4.64. The minimum absolute atomic E-state index is 0.00210. The second-order valence-corrected chi connectivity index (χ2v) is 7.28. The molecule has 2 aromatic rings. The highest BCUT2D eigenvalue weighted by Gasteiger charge is 2.42. The molecule has 0 bridgehead atoms. The van der Waals surface area contributed by atoms with Gasteiger partial charge in [-0.05, 0) is 42.3 Å². The Hall–Kier alpha value is -2.90. The Morgan fingerprint density at radius 2 is 1.78 bits per heavy atom. The van der Waals surface area contributed by atoms with Gasteiger partial charge in [-0.1, -0.05) is 37.3 Å². The molecule has 0 saturated carbocycles. The van der Waals surface area contributed by atoms with E-state index in [2.05, 4.69) is 4.74 Å². The van der Waals surface area contributed by atoms with Gasteiger partial charge in [0.1, 0.15) is 18.6 Å². The fourth-order valence-corrected chi connectivity index (χ4v) is 3.57. The zero-order valence-electron chi connectivity index (χ0n) is 17.4. The van der Waals surface area contributed by atoms with E-state index in [4.69, 9.17) is 4.74 Å². The number of hydrogen-bond donors (Lipinski definition) is 0. The standard InChI is InChI=1S/C24H22F6O2/c1-3-31-16(13-25)9-10-17-14(2)21(26)23(28)20-18(17)11-12-19(22(20)27)32-24(29,30)15-7-5-4-6-8-15/h4-12,14,21,23H,3,13H2,1-2H3/b16-9+,17-10+. The minimum atomic E-state index is -3.89. The maximum Gasteiger partial charge on any atom is 0.426 e. The van der Waals surface area contributed by atoms with E-state index in [0.29, 0.717) is 0 Å². The van der Waals surface area contributed by atoms with Gasteiger partial charge in [0.25, 0.3) is 0 Å². The van der Waals surface area contributed by atoms with Gasteiger partial charge in [0.2, 0.25) is 0 Å². The third-order valence-corrected chi connectivity index (χ3v) is 5.24. The summed E-state index contributed by atoms with van der Waals surface area (Å²) in [5, 5.41) is 0. The van der Waals surface area contributed by atoms with Gasteiger partial charge in [0.05, 0.1) is 12.2 Å². The van der Waals surface area contributed by atoms with Crippen molar-refractivity contribution in [1.82, 2.24) is 0 Å². The van der Waals surface area contributed by atoms with E-state index in [9.17, 15) is 22.0 Å². The minimum Gasteiger partial charge on any atom is -0.495 e. The lowest BCUT2D eigenvalue weighted by Gasteiger charge is -2.32. The monoisotopic (exact) mass is 456 g/mol. The largest absolute Gasteiger partial charge is 0.495 e. The Bertz CT molecular complexity index is 1000.